The van der Waals surface area contributed by atoms with Crippen LogP contribution in [0.5, 0.6) is 0 Å². The van der Waals surface area contributed by atoms with E-state index in [-0.39, 0.29) is 11.6 Å². The van der Waals surface area contributed by atoms with Crippen molar-refractivity contribution >= 4 is 0 Å². The first-order valence-corrected chi connectivity index (χ1v) is 7.35. The van der Waals surface area contributed by atoms with Crippen LogP contribution < -0.4 is 5.56 Å². The van der Waals surface area contributed by atoms with E-state index in [9.17, 15) is 18.0 Å². The fraction of sp³-hybridized carbons (Fsp3) is 0.714. The lowest BCUT2D eigenvalue weighted by Crippen LogP contribution is -2.38. The minimum Gasteiger partial charge on any atom is -0.309 e. The van der Waals surface area contributed by atoms with Crippen LogP contribution in [0.3, 0.4) is 0 Å². The number of alkyl halides is 3. The third-order valence-electron chi connectivity index (χ3n) is 3.86. The van der Waals surface area contributed by atoms with Crippen molar-refractivity contribution in [3.05, 3.63) is 27.9 Å². The molecule has 0 aromatic carbocycles. The third kappa shape index (κ3) is 4.81. The van der Waals surface area contributed by atoms with E-state index in [2.05, 4.69) is 14.9 Å². The van der Waals surface area contributed by atoms with Gasteiger partial charge in [0.25, 0.3) is 5.56 Å². The minimum absolute atomic E-state index is 0.126. The second-order valence-electron chi connectivity index (χ2n) is 5.73. The molecule has 1 atom stereocenters. The highest BCUT2D eigenvalue weighted by Crippen LogP contribution is 2.21. The van der Waals surface area contributed by atoms with Gasteiger partial charge in [-0.2, -0.15) is 13.2 Å². The lowest BCUT2D eigenvalue weighted by Gasteiger charge is -2.27. The quantitative estimate of drug-likeness (QED) is 0.922. The Kier molecular flexibility index (Phi) is 5.23. The van der Waals surface area contributed by atoms with Gasteiger partial charge in [-0.3, -0.25) is 14.6 Å². The fourth-order valence-electron chi connectivity index (χ4n) is 2.76. The molecule has 5 nitrogen and oxygen atoms in total. The number of hydrogen-bond acceptors (Lipinski definition) is 4. The van der Waals surface area contributed by atoms with Crippen molar-refractivity contribution in [1.82, 2.24) is 19.8 Å². The first-order valence-electron chi connectivity index (χ1n) is 7.35. The summed E-state index contributed by atoms with van der Waals surface area (Å²) in [5.41, 5.74) is 0.432. The molecule has 124 valence electrons. The number of hydrogen-bond donors (Lipinski definition) is 1. The zero-order valence-electron chi connectivity index (χ0n) is 12.8. The van der Waals surface area contributed by atoms with Gasteiger partial charge in [-0.1, -0.05) is 0 Å². The highest BCUT2D eigenvalue weighted by Gasteiger charge is 2.32. The van der Waals surface area contributed by atoms with Gasteiger partial charge < -0.3 is 4.98 Å². The number of nitrogens with one attached hydrogen (secondary N) is 1. The first kappa shape index (κ1) is 17.0. The van der Waals surface area contributed by atoms with Crippen LogP contribution in [0.25, 0.3) is 0 Å². The van der Waals surface area contributed by atoms with Crippen molar-refractivity contribution in [2.75, 3.05) is 32.7 Å². The highest BCUT2D eigenvalue weighted by molar-refractivity contribution is 5.03. The van der Waals surface area contributed by atoms with Crippen LogP contribution in [0.1, 0.15) is 30.9 Å². The zero-order chi connectivity index (χ0) is 16.3. The third-order valence-corrected chi connectivity index (χ3v) is 3.86. The van der Waals surface area contributed by atoms with Crippen LogP contribution in [0.15, 0.2) is 10.9 Å². The molecule has 1 aliphatic heterocycles. The van der Waals surface area contributed by atoms with Gasteiger partial charge in [-0.05, 0) is 26.8 Å². The molecule has 1 aliphatic rings. The van der Waals surface area contributed by atoms with Crippen LogP contribution in [-0.4, -0.2) is 58.7 Å². The Bertz CT molecular complexity index is 558. The largest absolute Gasteiger partial charge is 0.401 e. The molecular weight excluding hydrogens is 297 g/mol. The summed E-state index contributed by atoms with van der Waals surface area (Å²) in [6.07, 6.45) is -3.50. The van der Waals surface area contributed by atoms with E-state index in [1.165, 1.54) is 11.0 Å². The van der Waals surface area contributed by atoms with Crippen LogP contribution >= 0.6 is 0 Å². The monoisotopic (exact) mass is 318 g/mol. The maximum atomic E-state index is 12.5. The maximum Gasteiger partial charge on any atom is 0.401 e. The topological polar surface area (TPSA) is 52.2 Å². The lowest BCUT2D eigenvalue weighted by atomic mass is 10.2. The summed E-state index contributed by atoms with van der Waals surface area (Å²) < 4.78 is 37.4. The molecule has 1 aromatic heterocycles. The number of aryl methyl sites for hydroxylation is 1. The first-order chi connectivity index (χ1) is 10.2. The predicted octanol–water partition coefficient (Wildman–Crippen LogP) is 1.71. The van der Waals surface area contributed by atoms with Gasteiger partial charge in [0.15, 0.2) is 0 Å². The Morgan fingerprint density at radius 2 is 2.05 bits per heavy atom. The molecule has 0 amide bonds. The molecule has 1 saturated heterocycles. The van der Waals surface area contributed by atoms with Gasteiger partial charge in [0, 0.05) is 31.4 Å². The molecule has 2 heterocycles. The summed E-state index contributed by atoms with van der Waals surface area (Å²) in [4.78, 5) is 22.1. The lowest BCUT2D eigenvalue weighted by molar-refractivity contribution is -0.145. The Morgan fingerprint density at radius 3 is 2.68 bits per heavy atom. The molecule has 1 fully saturated rings. The maximum absolute atomic E-state index is 12.5. The summed E-state index contributed by atoms with van der Waals surface area (Å²) in [7, 11) is 0. The number of aromatic amines is 1. The van der Waals surface area contributed by atoms with Gasteiger partial charge >= 0.3 is 6.18 Å². The normalized spacial score (nSPS) is 19.9. The van der Waals surface area contributed by atoms with Gasteiger partial charge in [0.1, 0.15) is 5.82 Å². The van der Waals surface area contributed by atoms with E-state index in [0.717, 1.165) is 0 Å². The molecule has 0 bridgehead atoms. The van der Waals surface area contributed by atoms with E-state index in [0.29, 0.717) is 44.1 Å². The van der Waals surface area contributed by atoms with Crippen LogP contribution in [0.4, 0.5) is 13.2 Å². The Morgan fingerprint density at radius 1 is 1.32 bits per heavy atom. The molecule has 1 aromatic rings. The molecule has 22 heavy (non-hydrogen) atoms. The molecule has 0 radical (unpaired) electrons. The van der Waals surface area contributed by atoms with Crippen LogP contribution in [0, 0.1) is 6.92 Å². The molecule has 0 spiro atoms. The van der Waals surface area contributed by atoms with Crippen molar-refractivity contribution in [2.45, 2.75) is 32.5 Å². The van der Waals surface area contributed by atoms with Gasteiger partial charge in [-0.25, -0.2) is 4.98 Å². The van der Waals surface area contributed by atoms with Gasteiger partial charge in [-0.15, -0.1) is 0 Å². The summed E-state index contributed by atoms with van der Waals surface area (Å²) in [6.45, 7) is 4.80. The van der Waals surface area contributed by atoms with Crippen LogP contribution in [-0.2, 0) is 0 Å². The summed E-state index contributed by atoms with van der Waals surface area (Å²) in [6, 6.07) is 1.29. The Balaban J connectivity index is 2.02. The standard InChI is InChI=1S/C14H21F3N4O/c1-10-8-12(22)19-13(18-10)11(2)21-5-3-4-20(6-7-21)9-14(15,16)17/h8,11H,3-7,9H2,1-2H3,(H,18,19,22)/t11-/m1/s1. The highest BCUT2D eigenvalue weighted by atomic mass is 19.4. The molecule has 0 saturated carbocycles. The molecule has 0 aliphatic carbocycles. The number of H-pyrrole nitrogens is 1. The van der Waals surface area contributed by atoms with Crippen LogP contribution in [0.2, 0.25) is 0 Å². The smallest absolute Gasteiger partial charge is 0.309 e. The molecular formula is C14H21F3N4O. The average molecular weight is 318 g/mol. The second-order valence-corrected chi connectivity index (χ2v) is 5.73. The molecule has 1 N–H and O–H groups in total. The van der Waals surface area contributed by atoms with Gasteiger partial charge in [0.2, 0.25) is 0 Å². The number of rotatable bonds is 3. The molecule has 8 heteroatoms. The van der Waals surface area contributed by atoms with E-state index in [1.807, 2.05) is 6.92 Å². The number of halogens is 3. The zero-order valence-corrected chi connectivity index (χ0v) is 12.8. The molecule has 0 unspecified atom stereocenters. The van der Waals surface area contributed by atoms with Gasteiger partial charge in [0.05, 0.1) is 12.6 Å². The van der Waals surface area contributed by atoms with E-state index < -0.39 is 12.7 Å². The van der Waals surface area contributed by atoms with E-state index in [1.54, 1.807) is 6.92 Å². The van der Waals surface area contributed by atoms with E-state index >= 15 is 0 Å². The summed E-state index contributed by atoms with van der Waals surface area (Å²) in [5.74, 6) is 0.564. The Labute approximate surface area is 127 Å². The SMILES string of the molecule is Cc1cc(=O)[nH]c([C@@H](C)N2CCCN(CC(F)(F)F)CC2)n1. The van der Waals surface area contributed by atoms with Crippen molar-refractivity contribution in [1.29, 1.82) is 0 Å². The Hall–Kier alpha value is -1.41. The van der Waals surface area contributed by atoms with E-state index in [4.69, 9.17) is 0 Å². The summed E-state index contributed by atoms with van der Waals surface area (Å²) >= 11 is 0. The van der Waals surface area contributed by atoms with Crippen molar-refractivity contribution in [3.8, 4) is 0 Å². The van der Waals surface area contributed by atoms with Crippen molar-refractivity contribution in [3.63, 3.8) is 0 Å². The average Bonchev–Trinajstić information content (AvgIpc) is 2.60. The second kappa shape index (κ2) is 6.78. The number of aromatic nitrogens is 2. The fourth-order valence-corrected chi connectivity index (χ4v) is 2.76. The number of nitrogens with zero attached hydrogens (tertiary/aromatic N) is 3. The predicted molar refractivity (Wildman–Crippen MR) is 76.7 cm³/mol. The van der Waals surface area contributed by atoms with Crippen molar-refractivity contribution in [2.24, 2.45) is 0 Å². The molecule has 2 rings (SSSR count). The summed E-state index contributed by atoms with van der Waals surface area (Å²) in [5, 5.41) is 0. The van der Waals surface area contributed by atoms with Crippen molar-refractivity contribution < 1.29 is 13.2 Å². The minimum atomic E-state index is -4.16.